The zero-order chi connectivity index (χ0) is 27.3. The van der Waals surface area contributed by atoms with Gasteiger partial charge in [-0.25, -0.2) is 0 Å². The largest absolute Gasteiger partial charge is 0.395 e. The van der Waals surface area contributed by atoms with E-state index in [0.29, 0.717) is 32.7 Å². The summed E-state index contributed by atoms with van der Waals surface area (Å²) in [5, 5.41) is 13.1. The molecule has 206 valence electrons. The fourth-order valence-electron chi connectivity index (χ4n) is 4.83. The molecule has 2 N–H and O–H groups in total. The highest BCUT2D eigenvalue weighted by atomic mass is 16.3. The molecule has 3 rings (SSSR count). The smallest absolute Gasteiger partial charge is 0.231 e. The topological polar surface area (TPSA) is 76.1 Å². The summed E-state index contributed by atoms with van der Waals surface area (Å²) in [6.45, 7) is 4.23. The zero-order valence-corrected chi connectivity index (χ0v) is 23.2. The van der Waals surface area contributed by atoms with E-state index < -0.39 is 0 Å². The first-order valence-corrected chi connectivity index (χ1v) is 13.9. The highest BCUT2D eigenvalue weighted by molar-refractivity contribution is 5.96. The zero-order valence-electron chi connectivity index (χ0n) is 23.2. The van der Waals surface area contributed by atoms with Gasteiger partial charge in [0.1, 0.15) is 0 Å². The van der Waals surface area contributed by atoms with Gasteiger partial charge in [0.25, 0.3) is 0 Å². The number of hydrogen-bond acceptors (Lipinski definition) is 6. The maximum absolute atomic E-state index is 13.6. The number of aliphatic hydroxyl groups excluding tert-OH is 1. The van der Waals surface area contributed by atoms with Crippen molar-refractivity contribution in [2.24, 2.45) is 5.92 Å². The van der Waals surface area contributed by atoms with E-state index in [2.05, 4.69) is 39.4 Å². The van der Waals surface area contributed by atoms with Gasteiger partial charge < -0.3 is 14.9 Å². The minimum absolute atomic E-state index is 0.0486. The van der Waals surface area contributed by atoms with E-state index in [9.17, 15) is 14.7 Å². The molecule has 7 heteroatoms. The third kappa shape index (κ3) is 8.71. The van der Waals surface area contributed by atoms with Crippen molar-refractivity contribution in [2.75, 3.05) is 61.7 Å². The van der Waals surface area contributed by atoms with Gasteiger partial charge in [0.05, 0.1) is 13.3 Å². The minimum Gasteiger partial charge on any atom is -0.395 e. The molecule has 1 saturated carbocycles. The Balaban J connectivity index is 1.69. The number of ketones is 1. The number of amides is 1. The lowest BCUT2D eigenvalue weighted by Gasteiger charge is -2.30. The van der Waals surface area contributed by atoms with E-state index in [1.807, 2.05) is 56.3 Å². The van der Waals surface area contributed by atoms with Crippen LogP contribution in [0.25, 0.3) is 6.08 Å². The van der Waals surface area contributed by atoms with Gasteiger partial charge in [0, 0.05) is 63.1 Å². The molecule has 0 unspecified atom stereocenters. The molecule has 0 heterocycles. The molecular formula is C31H44N4O3. The lowest BCUT2D eigenvalue weighted by Crippen LogP contribution is -2.45. The lowest BCUT2D eigenvalue weighted by atomic mass is 9.88. The summed E-state index contributed by atoms with van der Waals surface area (Å²) in [7, 11) is 4.03. The van der Waals surface area contributed by atoms with Crippen LogP contribution in [0.2, 0.25) is 0 Å². The van der Waals surface area contributed by atoms with Crippen LogP contribution < -0.4 is 20.0 Å². The lowest BCUT2D eigenvalue weighted by molar-refractivity contribution is -0.123. The quantitative estimate of drug-likeness (QED) is 0.214. The number of carbonyl (C=O) groups is 2. The standard InChI is InChI=1S/C31H44N4O3/c1-4-30(37)18-13-25-9-8-12-29(23-25)35(31(38)26-10-6-5-7-11-26)24-32-19-20-34(21-22-36)28-16-14-27(15-17-28)33(2)3/h8-9,12-18,23,26,32,36H,4-7,10-11,19-22,24H2,1-3H3/b18-13+. The SMILES string of the molecule is CCC(=O)/C=C/c1cccc(N(CNCCN(CCO)c2ccc(N(C)C)cc2)C(=O)C2CCCCC2)c1. The molecule has 2 aromatic carbocycles. The van der Waals surface area contributed by atoms with Crippen molar-refractivity contribution in [1.82, 2.24) is 5.32 Å². The van der Waals surface area contributed by atoms with Crippen LogP contribution in [0, 0.1) is 5.92 Å². The van der Waals surface area contributed by atoms with Gasteiger partial charge in [0.2, 0.25) is 5.91 Å². The molecule has 0 radical (unpaired) electrons. The first-order valence-electron chi connectivity index (χ1n) is 13.9. The van der Waals surface area contributed by atoms with Crippen LogP contribution in [-0.2, 0) is 9.59 Å². The van der Waals surface area contributed by atoms with Gasteiger partial charge >= 0.3 is 0 Å². The molecule has 7 nitrogen and oxygen atoms in total. The fraction of sp³-hybridized carbons (Fsp3) is 0.484. The third-order valence-corrected chi connectivity index (χ3v) is 7.14. The van der Waals surface area contributed by atoms with Gasteiger partial charge in [0.15, 0.2) is 5.78 Å². The number of nitrogens with zero attached hydrogens (tertiary/aromatic N) is 3. The molecule has 1 aliphatic carbocycles. The molecule has 38 heavy (non-hydrogen) atoms. The average molecular weight is 521 g/mol. The second-order valence-corrected chi connectivity index (χ2v) is 10.1. The molecule has 0 saturated heterocycles. The Hall–Kier alpha value is -3.16. The normalized spacial score (nSPS) is 14.0. The van der Waals surface area contributed by atoms with Crippen LogP contribution in [0.5, 0.6) is 0 Å². The molecule has 1 fully saturated rings. The van der Waals surface area contributed by atoms with Crippen molar-refractivity contribution < 1.29 is 14.7 Å². The van der Waals surface area contributed by atoms with E-state index in [-0.39, 0.29) is 24.2 Å². The van der Waals surface area contributed by atoms with Gasteiger partial charge in [-0.2, -0.15) is 0 Å². The highest BCUT2D eigenvalue weighted by Crippen LogP contribution is 2.28. The van der Waals surface area contributed by atoms with Crippen LogP contribution in [0.3, 0.4) is 0 Å². The molecule has 1 amide bonds. The summed E-state index contributed by atoms with van der Waals surface area (Å²) in [5.74, 6) is 0.290. The molecule has 0 bridgehead atoms. The molecule has 0 aliphatic heterocycles. The van der Waals surface area contributed by atoms with Crippen LogP contribution in [0.15, 0.2) is 54.6 Å². The van der Waals surface area contributed by atoms with Crippen molar-refractivity contribution in [3.63, 3.8) is 0 Å². The summed E-state index contributed by atoms with van der Waals surface area (Å²) < 4.78 is 0. The second kappa shape index (κ2) is 15.3. The average Bonchev–Trinajstić information content (AvgIpc) is 2.95. The van der Waals surface area contributed by atoms with Crippen LogP contribution in [-0.4, -0.2) is 63.8 Å². The highest BCUT2D eigenvalue weighted by Gasteiger charge is 2.27. The van der Waals surface area contributed by atoms with Gasteiger partial charge in [-0.3, -0.25) is 19.8 Å². The summed E-state index contributed by atoms with van der Waals surface area (Å²) in [6, 6.07) is 16.1. The van der Waals surface area contributed by atoms with E-state index in [1.165, 1.54) is 6.42 Å². The van der Waals surface area contributed by atoms with Crippen molar-refractivity contribution >= 4 is 34.8 Å². The van der Waals surface area contributed by atoms with Gasteiger partial charge in [-0.15, -0.1) is 0 Å². The molecule has 2 aromatic rings. The Kier molecular flexibility index (Phi) is 11.8. The Morgan fingerprint density at radius 2 is 1.68 bits per heavy atom. The monoisotopic (exact) mass is 520 g/mol. The third-order valence-electron chi connectivity index (χ3n) is 7.14. The van der Waals surface area contributed by atoms with Crippen molar-refractivity contribution in [3.05, 3.63) is 60.2 Å². The summed E-state index contributed by atoms with van der Waals surface area (Å²) >= 11 is 0. The van der Waals surface area contributed by atoms with Gasteiger partial charge in [-0.05, 0) is 60.9 Å². The Labute approximate surface area is 228 Å². The Bertz CT molecular complexity index is 1050. The number of benzene rings is 2. The van der Waals surface area contributed by atoms with Crippen molar-refractivity contribution in [1.29, 1.82) is 0 Å². The van der Waals surface area contributed by atoms with E-state index in [4.69, 9.17) is 0 Å². The fourth-order valence-corrected chi connectivity index (χ4v) is 4.83. The van der Waals surface area contributed by atoms with Crippen molar-refractivity contribution in [3.8, 4) is 0 Å². The van der Waals surface area contributed by atoms with Crippen molar-refractivity contribution in [2.45, 2.75) is 45.4 Å². The molecule has 0 atom stereocenters. The van der Waals surface area contributed by atoms with E-state index in [1.54, 1.807) is 6.08 Å². The maximum Gasteiger partial charge on any atom is 0.231 e. The number of allylic oxidation sites excluding steroid dienone is 1. The predicted octanol–water partition coefficient (Wildman–Crippen LogP) is 4.70. The van der Waals surface area contributed by atoms with Gasteiger partial charge in [-0.1, -0.05) is 44.4 Å². The maximum atomic E-state index is 13.6. The predicted molar refractivity (Wildman–Crippen MR) is 158 cm³/mol. The molecule has 0 spiro atoms. The first kappa shape index (κ1) is 29.4. The minimum atomic E-state index is 0.0486. The Morgan fingerprint density at radius 3 is 2.34 bits per heavy atom. The summed E-state index contributed by atoms with van der Waals surface area (Å²) in [4.78, 5) is 31.5. The molecule has 1 aliphatic rings. The molecular weight excluding hydrogens is 476 g/mol. The van der Waals surface area contributed by atoms with Crippen LogP contribution in [0.1, 0.15) is 51.0 Å². The van der Waals surface area contributed by atoms with E-state index >= 15 is 0 Å². The number of nitrogens with one attached hydrogen (secondary N) is 1. The van der Waals surface area contributed by atoms with Crippen LogP contribution >= 0.6 is 0 Å². The first-order chi connectivity index (χ1) is 18.4. The van der Waals surface area contributed by atoms with Crippen LogP contribution in [0.4, 0.5) is 17.1 Å². The summed E-state index contributed by atoms with van der Waals surface area (Å²) in [6.07, 6.45) is 9.17. The number of carbonyl (C=O) groups excluding carboxylic acids is 2. The number of aliphatic hydroxyl groups is 1. The number of rotatable bonds is 14. The Morgan fingerprint density at radius 1 is 0.974 bits per heavy atom. The molecule has 0 aromatic heterocycles. The second-order valence-electron chi connectivity index (χ2n) is 10.1. The number of hydrogen-bond donors (Lipinski definition) is 2. The summed E-state index contributed by atoms with van der Waals surface area (Å²) in [5.41, 5.74) is 3.93. The van der Waals surface area contributed by atoms with E-state index in [0.717, 1.165) is 48.3 Å². The number of anilines is 3.